The lowest BCUT2D eigenvalue weighted by molar-refractivity contribution is -0.0231. The second-order valence-corrected chi connectivity index (χ2v) is 4.09. The number of amidine groups is 1. The number of rotatable bonds is 1. The Bertz CT molecular complexity index is 478. The largest absolute Gasteiger partial charge is 0.451 e. The molecule has 2 atom stereocenters. The Morgan fingerprint density at radius 2 is 2.18 bits per heavy atom. The minimum atomic E-state index is -1.49. The lowest BCUT2D eigenvalue weighted by Crippen LogP contribution is -2.46. The number of ether oxygens (including phenoxy) is 1. The van der Waals surface area contributed by atoms with Gasteiger partial charge in [0.05, 0.1) is 6.54 Å². The molecule has 0 unspecified atom stereocenters. The van der Waals surface area contributed by atoms with Crippen molar-refractivity contribution < 1.29 is 13.5 Å². The van der Waals surface area contributed by atoms with Crippen molar-refractivity contribution >= 4 is 11.7 Å². The van der Waals surface area contributed by atoms with Gasteiger partial charge in [-0.2, -0.15) is 0 Å². The Morgan fingerprint density at radius 1 is 1.47 bits per heavy atom. The van der Waals surface area contributed by atoms with E-state index >= 15 is 0 Å². The topological polar surface area (TPSA) is 73.6 Å². The summed E-state index contributed by atoms with van der Waals surface area (Å²) in [4.78, 5) is 3.63. The molecule has 0 spiro atoms. The molecule has 1 aromatic rings. The van der Waals surface area contributed by atoms with E-state index in [0.29, 0.717) is 5.69 Å². The molecular formula is C11H13F2N3O. The molecule has 1 aliphatic heterocycles. The van der Waals surface area contributed by atoms with Crippen LogP contribution >= 0.6 is 0 Å². The molecule has 6 heteroatoms. The van der Waals surface area contributed by atoms with Crippen molar-refractivity contribution in [3.63, 3.8) is 0 Å². The fourth-order valence-electron chi connectivity index (χ4n) is 1.80. The van der Waals surface area contributed by atoms with Crippen molar-refractivity contribution in [1.29, 1.82) is 0 Å². The fraction of sp³-hybridized carbons (Fsp3) is 0.364. The number of alkyl halides is 1. The number of halogens is 2. The fourth-order valence-corrected chi connectivity index (χ4v) is 1.80. The van der Waals surface area contributed by atoms with Crippen molar-refractivity contribution in [1.82, 2.24) is 0 Å². The maximum Gasteiger partial charge on any atom is 0.283 e. The average Bonchev–Trinajstić information content (AvgIpc) is 2.27. The molecule has 1 aromatic carbocycles. The highest BCUT2D eigenvalue weighted by Crippen LogP contribution is 2.36. The zero-order valence-electron chi connectivity index (χ0n) is 9.28. The molecular weight excluding hydrogens is 228 g/mol. The summed E-state index contributed by atoms with van der Waals surface area (Å²) in [5.74, 6) is -0.584. The van der Waals surface area contributed by atoms with Gasteiger partial charge in [0.1, 0.15) is 5.82 Å². The van der Waals surface area contributed by atoms with Gasteiger partial charge in [-0.3, -0.25) is 0 Å². The molecule has 0 saturated carbocycles. The first kappa shape index (κ1) is 11.6. The van der Waals surface area contributed by atoms with Crippen LogP contribution in [-0.2, 0) is 10.3 Å². The van der Waals surface area contributed by atoms with E-state index in [4.69, 9.17) is 16.2 Å². The van der Waals surface area contributed by atoms with Gasteiger partial charge >= 0.3 is 0 Å². The van der Waals surface area contributed by atoms with Crippen molar-refractivity contribution in [3.05, 3.63) is 29.6 Å². The van der Waals surface area contributed by atoms with Crippen LogP contribution in [0.25, 0.3) is 0 Å². The minimum absolute atomic E-state index is 0.0443. The molecule has 0 aliphatic carbocycles. The smallest absolute Gasteiger partial charge is 0.283 e. The van der Waals surface area contributed by atoms with Crippen molar-refractivity contribution in [3.8, 4) is 0 Å². The number of nitrogens with two attached hydrogens (primary N) is 2. The Balaban J connectivity index is 2.50. The molecule has 4 nitrogen and oxygen atoms in total. The summed E-state index contributed by atoms with van der Waals surface area (Å²) < 4.78 is 32.8. The second-order valence-electron chi connectivity index (χ2n) is 4.09. The van der Waals surface area contributed by atoms with Crippen LogP contribution in [0.5, 0.6) is 0 Å². The van der Waals surface area contributed by atoms with Crippen molar-refractivity contribution in [2.45, 2.75) is 18.7 Å². The van der Waals surface area contributed by atoms with E-state index in [-0.39, 0.29) is 18.1 Å². The van der Waals surface area contributed by atoms with Crippen LogP contribution in [0.15, 0.2) is 23.2 Å². The van der Waals surface area contributed by atoms with E-state index in [0.717, 1.165) is 0 Å². The first-order chi connectivity index (χ1) is 7.93. The zero-order valence-corrected chi connectivity index (χ0v) is 9.28. The lowest BCUT2D eigenvalue weighted by atomic mass is 9.89. The normalized spacial score (nSPS) is 28.4. The molecule has 0 saturated heterocycles. The number of hydrogen-bond donors (Lipinski definition) is 2. The molecule has 1 heterocycles. The van der Waals surface area contributed by atoms with E-state index in [1.807, 2.05) is 0 Å². The van der Waals surface area contributed by atoms with Gasteiger partial charge in [-0.25, -0.2) is 13.8 Å². The molecule has 0 fully saturated rings. The molecule has 2 rings (SSSR count). The van der Waals surface area contributed by atoms with Gasteiger partial charge in [0, 0.05) is 11.3 Å². The second kappa shape index (κ2) is 3.87. The van der Waals surface area contributed by atoms with E-state index in [1.165, 1.54) is 25.1 Å². The number of aliphatic imine (C=N–C) groups is 1. The molecule has 1 aliphatic rings. The number of anilines is 1. The number of nitrogen functional groups attached to an aromatic ring is 1. The number of nitrogens with zero attached hydrogens (tertiary/aromatic N) is 1. The number of benzene rings is 1. The van der Waals surface area contributed by atoms with Gasteiger partial charge in [0.2, 0.25) is 0 Å². The molecule has 0 radical (unpaired) electrons. The third kappa shape index (κ3) is 1.90. The minimum Gasteiger partial charge on any atom is -0.451 e. The first-order valence-electron chi connectivity index (χ1n) is 5.12. The van der Waals surface area contributed by atoms with Gasteiger partial charge in [-0.05, 0) is 25.1 Å². The first-order valence-corrected chi connectivity index (χ1v) is 5.12. The maximum atomic E-state index is 13.9. The molecule has 17 heavy (non-hydrogen) atoms. The van der Waals surface area contributed by atoms with Gasteiger partial charge < -0.3 is 16.2 Å². The van der Waals surface area contributed by atoms with Gasteiger partial charge in [-0.1, -0.05) is 0 Å². The molecule has 0 aromatic heterocycles. The summed E-state index contributed by atoms with van der Waals surface area (Å²) in [5, 5.41) is 0. The molecule has 92 valence electrons. The summed E-state index contributed by atoms with van der Waals surface area (Å²) in [6, 6.07) is 3.77. The summed E-state index contributed by atoms with van der Waals surface area (Å²) in [6.45, 7) is 1.27. The predicted molar refractivity (Wildman–Crippen MR) is 60.6 cm³/mol. The zero-order chi connectivity index (χ0) is 12.6. The van der Waals surface area contributed by atoms with Gasteiger partial charge in [0.25, 0.3) is 6.02 Å². The maximum absolute atomic E-state index is 13.9. The Hall–Kier alpha value is -1.85. The third-order valence-electron chi connectivity index (χ3n) is 2.85. The van der Waals surface area contributed by atoms with Crippen molar-refractivity contribution in [2.75, 3.05) is 12.3 Å². The highest BCUT2D eigenvalue weighted by atomic mass is 19.1. The molecule has 4 N–H and O–H groups in total. The van der Waals surface area contributed by atoms with Crippen LogP contribution in [0.1, 0.15) is 12.5 Å². The van der Waals surface area contributed by atoms with Crippen molar-refractivity contribution in [2.24, 2.45) is 10.7 Å². The van der Waals surface area contributed by atoms with Crippen LogP contribution in [0, 0.1) is 5.82 Å². The average molecular weight is 241 g/mol. The Labute approximate surface area is 97.3 Å². The predicted octanol–water partition coefficient (Wildman–Crippen LogP) is 1.31. The Morgan fingerprint density at radius 3 is 2.88 bits per heavy atom. The van der Waals surface area contributed by atoms with E-state index < -0.39 is 17.6 Å². The molecule has 0 bridgehead atoms. The number of hydrogen-bond acceptors (Lipinski definition) is 4. The monoisotopic (exact) mass is 241 g/mol. The SMILES string of the molecule is C[C@]1(c2cc(N)ccc2F)OC(N)=NC[C@@H]1F. The standard InChI is InChI=1S/C11H13F2N3O/c1-11(9(13)5-16-10(15)17-11)7-4-6(14)2-3-8(7)12/h2-4,9H,5,14H2,1H3,(H2,15,16)/t9-,11+/m0/s1. The van der Waals surface area contributed by atoms with Gasteiger partial charge in [-0.15, -0.1) is 0 Å². The van der Waals surface area contributed by atoms with Crippen LogP contribution in [-0.4, -0.2) is 18.7 Å². The van der Waals surface area contributed by atoms with Crippen LogP contribution in [0.2, 0.25) is 0 Å². The van der Waals surface area contributed by atoms with E-state index in [2.05, 4.69) is 4.99 Å². The summed E-state index contributed by atoms with van der Waals surface area (Å²) >= 11 is 0. The highest BCUT2D eigenvalue weighted by molar-refractivity contribution is 5.73. The van der Waals surface area contributed by atoms with E-state index in [1.54, 1.807) is 0 Å². The van der Waals surface area contributed by atoms with Crippen LogP contribution < -0.4 is 11.5 Å². The summed E-state index contributed by atoms with van der Waals surface area (Å²) in [7, 11) is 0. The third-order valence-corrected chi connectivity index (χ3v) is 2.85. The Kier molecular flexibility index (Phi) is 2.65. The van der Waals surface area contributed by atoms with E-state index in [9.17, 15) is 8.78 Å². The van der Waals surface area contributed by atoms with Crippen LogP contribution in [0.4, 0.5) is 14.5 Å². The lowest BCUT2D eigenvalue weighted by Gasteiger charge is -2.36. The van der Waals surface area contributed by atoms with Crippen LogP contribution in [0.3, 0.4) is 0 Å². The highest BCUT2D eigenvalue weighted by Gasteiger charge is 2.43. The quantitative estimate of drug-likeness (QED) is 0.728. The summed E-state index contributed by atoms with van der Waals surface area (Å²) in [6.07, 6.45) is -1.48. The molecule has 0 amide bonds. The summed E-state index contributed by atoms with van der Waals surface area (Å²) in [5.41, 5.74) is 9.85. The van der Waals surface area contributed by atoms with Gasteiger partial charge in [0.15, 0.2) is 11.8 Å².